The molecular formula is C21H20F3N3O2. The third-order valence-electron chi connectivity index (χ3n) is 4.20. The van der Waals surface area contributed by atoms with Crippen molar-refractivity contribution in [3.63, 3.8) is 0 Å². The molecule has 0 fully saturated rings. The summed E-state index contributed by atoms with van der Waals surface area (Å²) in [5.74, 6) is -0.262. The van der Waals surface area contributed by atoms with E-state index in [1.807, 2.05) is 36.5 Å². The van der Waals surface area contributed by atoms with Crippen molar-refractivity contribution in [2.75, 3.05) is 6.61 Å². The van der Waals surface area contributed by atoms with Crippen LogP contribution in [-0.2, 0) is 24.4 Å². The molecule has 5 nitrogen and oxygen atoms in total. The normalized spacial score (nSPS) is 11.4. The van der Waals surface area contributed by atoms with Crippen molar-refractivity contribution in [2.24, 2.45) is 0 Å². The Hall–Kier alpha value is -3.13. The fourth-order valence-corrected chi connectivity index (χ4v) is 2.77. The maximum absolute atomic E-state index is 12.4. The fraction of sp³-hybridized carbons (Fsp3) is 0.238. The van der Waals surface area contributed by atoms with Gasteiger partial charge in [-0.2, -0.15) is 18.3 Å². The molecule has 3 aromatic rings. The van der Waals surface area contributed by atoms with Crippen molar-refractivity contribution in [3.05, 3.63) is 89.2 Å². The molecule has 8 heteroatoms. The molecule has 1 aromatic heterocycles. The Bertz CT molecular complexity index is 923. The number of alkyl halides is 3. The first-order valence-corrected chi connectivity index (χ1v) is 8.96. The average Bonchev–Trinajstić information content (AvgIpc) is 3.20. The predicted molar refractivity (Wildman–Crippen MR) is 101 cm³/mol. The van der Waals surface area contributed by atoms with Crippen LogP contribution in [0.4, 0.5) is 13.2 Å². The van der Waals surface area contributed by atoms with Gasteiger partial charge < -0.3 is 10.1 Å². The van der Waals surface area contributed by atoms with Gasteiger partial charge in [-0.05, 0) is 34.9 Å². The van der Waals surface area contributed by atoms with Crippen molar-refractivity contribution < 1.29 is 22.7 Å². The molecule has 152 valence electrons. The van der Waals surface area contributed by atoms with Gasteiger partial charge in [0.1, 0.15) is 6.61 Å². The Labute approximate surface area is 166 Å². The summed E-state index contributed by atoms with van der Waals surface area (Å²) >= 11 is 0. The van der Waals surface area contributed by atoms with Crippen LogP contribution >= 0.6 is 0 Å². The monoisotopic (exact) mass is 403 g/mol. The van der Waals surface area contributed by atoms with Crippen LogP contribution in [0.5, 0.6) is 0 Å². The van der Waals surface area contributed by atoms with E-state index in [1.54, 1.807) is 35.1 Å². The van der Waals surface area contributed by atoms with Gasteiger partial charge in [0.2, 0.25) is 0 Å². The highest BCUT2D eigenvalue weighted by atomic mass is 19.4. The third kappa shape index (κ3) is 6.46. The summed E-state index contributed by atoms with van der Waals surface area (Å²) in [7, 11) is 0. The summed E-state index contributed by atoms with van der Waals surface area (Å²) < 4.78 is 42.7. The van der Waals surface area contributed by atoms with Gasteiger partial charge in [0.25, 0.3) is 5.91 Å². The minimum Gasteiger partial charge on any atom is -0.367 e. The summed E-state index contributed by atoms with van der Waals surface area (Å²) in [4.78, 5) is 12.4. The number of aromatic nitrogens is 2. The van der Waals surface area contributed by atoms with Crippen LogP contribution < -0.4 is 5.32 Å². The van der Waals surface area contributed by atoms with E-state index >= 15 is 0 Å². The number of halogens is 3. The molecule has 2 aromatic carbocycles. The Morgan fingerprint density at radius 2 is 1.76 bits per heavy atom. The van der Waals surface area contributed by atoms with E-state index in [1.165, 1.54) is 0 Å². The van der Waals surface area contributed by atoms with E-state index < -0.39 is 12.8 Å². The Kier molecular flexibility index (Phi) is 6.66. The molecule has 0 saturated heterocycles. The zero-order valence-corrected chi connectivity index (χ0v) is 15.5. The summed E-state index contributed by atoms with van der Waals surface area (Å²) in [6, 6.07) is 15.9. The first-order valence-electron chi connectivity index (χ1n) is 8.96. The molecule has 0 spiro atoms. The van der Waals surface area contributed by atoms with E-state index in [0.717, 1.165) is 11.1 Å². The second kappa shape index (κ2) is 9.38. The van der Waals surface area contributed by atoms with Crippen molar-refractivity contribution in [1.29, 1.82) is 0 Å². The second-order valence-electron chi connectivity index (χ2n) is 6.46. The lowest BCUT2D eigenvalue weighted by molar-refractivity contribution is -0.176. The molecule has 1 N–H and O–H groups in total. The Balaban J connectivity index is 1.54. The number of hydrogen-bond donors (Lipinski definition) is 1. The second-order valence-corrected chi connectivity index (χ2v) is 6.46. The lowest BCUT2D eigenvalue weighted by Gasteiger charge is -2.11. The summed E-state index contributed by atoms with van der Waals surface area (Å²) in [5.41, 5.74) is 3.02. The van der Waals surface area contributed by atoms with E-state index in [9.17, 15) is 18.0 Å². The molecule has 3 rings (SSSR count). The van der Waals surface area contributed by atoms with Crippen LogP contribution in [0.2, 0.25) is 0 Å². The van der Waals surface area contributed by atoms with Crippen molar-refractivity contribution >= 4 is 5.91 Å². The standard InChI is InChI=1S/C21H20F3N3O2/c22-21(23,24)15-29-14-16-6-8-17(9-7-16)20(28)25-12-18-4-1-2-5-19(18)13-27-11-3-10-26-27/h1-11H,12-15H2,(H,25,28). The highest BCUT2D eigenvalue weighted by Crippen LogP contribution is 2.16. The van der Waals surface area contributed by atoms with Gasteiger partial charge in [-0.15, -0.1) is 0 Å². The molecule has 1 heterocycles. The first kappa shape index (κ1) is 20.6. The number of amides is 1. The van der Waals surface area contributed by atoms with E-state index in [2.05, 4.69) is 15.2 Å². The summed E-state index contributed by atoms with van der Waals surface area (Å²) in [6.07, 6.45) is -0.773. The van der Waals surface area contributed by atoms with Crippen LogP contribution in [0, 0.1) is 0 Å². The lowest BCUT2D eigenvalue weighted by atomic mass is 10.1. The lowest BCUT2D eigenvalue weighted by Crippen LogP contribution is -2.23. The number of benzene rings is 2. The van der Waals surface area contributed by atoms with Gasteiger partial charge in [-0.1, -0.05) is 36.4 Å². The quantitative estimate of drug-likeness (QED) is 0.620. The van der Waals surface area contributed by atoms with Gasteiger partial charge in [-0.3, -0.25) is 9.48 Å². The SMILES string of the molecule is O=C(NCc1ccccc1Cn1cccn1)c1ccc(COCC(F)(F)F)cc1. The Morgan fingerprint density at radius 3 is 2.41 bits per heavy atom. The minimum atomic E-state index is -4.35. The minimum absolute atomic E-state index is 0.164. The molecule has 0 radical (unpaired) electrons. The number of nitrogens with zero attached hydrogens (tertiary/aromatic N) is 2. The van der Waals surface area contributed by atoms with Crippen LogP contribution in [0.1, 0.15) is 27.0 Å². The Morgan fingerprint density at radius 1 is 1.03 bits per heavy atom. The van der Waals surface area contributed by atoms with Gasteiger partial charge in [-0.25, -0.2) is 0 Å². The maximum Gasteiger partial charge on any atom is 0.411 e. The zero-order chi connectivity index (χ0) is 20.7. The summed E-state index contributed by atoms with van der Waals surface area (Å²) in [6.45, 7) is -0.506. The molecule has 0 saturated carbocycles. The first-order chi connectivity index (χ1) is 13.9. The maximum atomic E-state index is 12.4. The molecule has 0 aliphatic carbocycles. The number of hydrogen-bond acceptors (Lipinski definition) is 3. The van der Waals surface area contributed by atoms with Crippen LogP contribution in [0.25, 0.3) is 0 Å². The van der Waals surface area contributed by atoms with E-state index in [-0.39, 0.29) is 12.5 Å². The summed E-state index contributed by atoms with van der Waals surface area (Å²) in [5, 5.41) is 7.06. The highest BCUT2D eigenvalue weighted by molar-refractivity contribution is 5.94. The van der Waals surface area contributed by atoms with Crippen molar-refractivity contribution in [2.45, 2.75) is 25.9 Å². The number of carbonyl (C=O) groups is 1. The van der Waals surface area contributed by atoms with E-state index in [0.29, 0.717) is 24.2 Å². The fourth-order valence-electron chi connectivity index (χ4n) is 2.77. The van der Waals surface area contributed by atoms with Crippen molar-refractivity contribution in [1.82, 2.24) is 15.1 Å². The molecule has 0 atom stereocenters. The molecule has 0 unspecified atom stereocenters. The largest absolute Gasteiger partial charge is 0.411 e. The molecule has 29 heavy (non-hydrogen) atoms. The number of carbonyl (C=O) groups excluding carboxylic acids is 1. The molecule has 0 bridgehead atoms. The zero-order valence-electron chi connectivity index (χ0n) is 15.5. The van der Waals surface area contributed by atoms with Gasteiger partial charge >= 0.3 is 6.18 Å². The van der Waals surface area contributed by atoms with Gasteiger partial charge in [0.15, 0.2) is 0 Å². The van der Waals surface area contributed by atoms with Gasteiger partial charge in [0, 0.05) is 24.5 Å². The van der Waals surface area contributed by atoms with Crippen LogP contribution in [-0.4, -0.2) is 28.5 Å². The number of rotatable bonds is 8. The molecule has 1 amide bonds. The third-order valence-corrected chi connectivity index (χ3v) is 4.20. The van der Waals surface area contributed by atoms with Crippen LogP contribution in [0.3, 0.4) is 0 Å². The highest BCUT2D eigenvalue weighted by Gasteiger charge is 2.27. The molecule has 0 aliphatic rings. The topological polar surface area (TPSA) is 56.2 Å². The number of ether oxygens (including phenoxy) is 1. The molecular weight excluding hydrogens is 383 g/mol. The predicted octanol–water partition coefficient (Wildman–Crippen LogP) is 3.94. The number of nitrogens with one attached hydrogen (secondary N) is 1. The average molecular weight is 403 g/mol. The molecule has 0 aliphatic heterocycles. The van der Waals surface area contributed by atoms with Gasteiger partial charge in [0.05, 0.1) is 13.2 Å². The van der Waals surface area contributed by atoms with E-state index in [4.69, 9.17) is 0 Å². The van der Waals surface area contributed by atoms with Crippen molar-refractivity contribution in [3.8, 4) is 0 Å². The smallest absolute Gasteiger partial charge is 0.367 e. The van der Waals surface area contributed by atoms with Crippen LogP contribution in [0.15, 0.2) is 67.0 Å².